The predicted molar refractivity (Wildman–Crippen MR) is 83.3 cm³/mol. The third kappa shape index (κ3) is 3.85. The quantitative estimate of drug-likeness (QED) is 0.648. The van der Waals surface area contributed by atoms with Crippen LogP contribution < -0.4 is 5.32 Å². The minimum atomic E-state index is 0.0643. The van der Waals surface area contributed by atoms with Crippen molar-refractivity contribution in [1.82, 2.24) is 0 Å². The first kappa shape index (κ1) is 14.6. The molecule has 1 aromatic rings. The number of rotatable bonds is 3. The summed E-state index contributed by atoms with van der Waals surface area (Å²) in [6.07, 6.45) is 4.26. The van der Waals surface area contributed by atoms with Crippen LogP contribution in [0.2, 0.25) is 0 Å². The lowest BCUT2D eigenvalue weighted by molar-refractivity contribution is 0.0343. The molecule has 0 spiro atoms. The van der Waals surface area contributed by atoms with E-state index < -0.39 is 0 Å². The maximum atomic E-state index is 7.94. The summed E-state index contributed by atoms with van der Waals surface area (Å²) in [5.74, 6) is 6.18. The molecule has 1 fully saturated rings. The van der Waals surface area contributed by atoms with Crippen LogP contribution in [-0.4, -0.2) is 18.5 Å². The molecule has 2 N–H and O–H groups in total. The monoisotopic (exact) mass is 270 g/mol. The van der Waals surface area contributed by atoms with Gasteiger partial charge in [-0.15, -0.1) is 0 Å². The van der Waals surface area contributed by atoms with Crippen LogP contribution in [0.25, 0.3) is 0 Å². The first-order chi connectivity index (χ1) is 9.70. The molecule has 0 saturated carbocycles. The zero-order valence-electron chi connectivity index (χ0n) is 12.3. The number of hydrogen-bond donors (Lipinski definition) is 2. The van der Waals surface area contributed by atoms with Gasteiger partial charge in [0, 0.05) is 35.6 Å². The Morgan fingerprint density at radius 2 is 2.30 bits per heavy atom. The zero-order valence-corrected chi connectivity index (χ0v) is 12.3. The Morgan fingerprint density at radius 3 is 2.95 bits per heavy atom. The van der Waals surface area contributed by atoms with Crippen LogP contribution in [0, 0.1) is 17.3 Å². The van der Waals surface area contributed by atoms with Crippen molar-refractivity contribution in [2.75, 3.05) is 11.9 Å². The van der Waals surface area contributed by atoms with E-state index in [4.69, 9.17) is 10.1 Å². The molecule has 1 aliphatic rings. The Bertz CT molecular complexity index is 534. The molecule has 0 bridgehead atoms. The molecule has 106 valence electrons. The van der Waals surface area contributed by atoms with Gasteiger partial charge in [-0.2, -0.15) is 0 Å². The van der Waals surface area contributed by atoms with Crippen LogP contribution >= 0.6 is 0 Å². The summed E-state index contributed by atoms with van der Waals surface area (Å²) in [5.41, 5.74) is 3.38. The van der Waals surface area contributed by atoms with Gasteiger partial charge in [-0.1, -0.05) is 18.8 Å². The molecule has 2 rings (SSSR count). The van der Waals surface area contributed by atoms with Gasteiger partial charge in [0.05, 0.1) is 0 Å². The Morgan fingerprint density at radius 1 is 1.45 bits per heavy atom. The fourth-order valence-corrected chi connectivity index (χ4v) is 2.28. The average Bonchev–Trinajstić information content (AvgIpc) is 2.47. The van der Waals surface area contributed by atoms with Gasteiger partial charge in [0.25, 0.3) is 0 Å². The minimum Gasteiger partial charge on any atom is -0.360 e. The molecule has 3 heteroatoms. The summed E-state index contributed by atoms with van der Waals surface area (Å²) >= 11 is 0. The molecule has 1 heterocycles. The van der Waals surface area contributed by atoms with Crippen molar-refractivity contribution in [1.29, 1.82) is 5.41 Å². The topological polar surface area (TPSA) is 45.1 Å². The molecular weight excluding hydrogens is 248 g/mol. The van der Waals surface area contributed by atoms with Crippen LogP contribution in [0.5, 0.6) is 0 Å². The van der Waals surface area contributed by atoms with Gasteiger partial charge < -0.3 is 15.5 Å². The fraction of sp³-hybridized carbons (Fsp3) is 0.471. The Balaban J connectivity index is 2.20. The Hall–Kier alpha value is -1.79. The second-order valence-corrected chi connectivity index (χ2v) is 5.04. The molecule has 1 saturated heterocycles. The normalized spacial score (nSPS) is 18.0. The zero-order chi connectivity index (χ0) is 14.4. The van der Waals surface area contributed by atoms with Crippen molar-refractivity contribution in [2.45, 2.75) is 45.8 Å². The number of nitrogens with one attached hydrogen (secondary N) is 2. The first-order valence-electron chi connectivity index (χ1n) is 7.27. The molecule has 0 aliphatic carbocycles. The molecule has 3 nitrogen and oxygen atoms in total. The fourth-order valence-electron chi connectivity index (χ4n) is 2.28. The molecule has 1 aliphatic heterocycles. The van der Waals surface area contributed by atoms with Gasteiger partial charge in [0.2, 0.25) is 0 Å². The van der Waals surface area contributed by atoms with E-state index in [0.29, 0.717) is 5.71 Å². The van der Waals surface area contributed by atoms with E-state index >= 15 is 0 Å². The van der Waals surface area contributed by atoms with E-state index in [1.54, 1.807) is 6.92 Å². The number of benzene rings is 1. The van der Waals surface area contributed by atoms with Crippen molar-refractivity contribution in [3.05, 3.63) is 29.3 Å². The standard InChI is InChI=1S/C17H22N2O/c1-3-4-7-14-9-10-16(15(12-14)13(2)18)19-17-8-5-6-11-20-17/h9-10,12,17-19H,3,5-6,8,11H2,1-2H3. The van der Waals surface area contributed by atoms with Crippen LogP contribution in [0.4, 0.5) is 5.69 Å². The maximum Gasteiger partial charge on any atom is 0.127 e. The first-order valence-corrected chi connectivity index (χ1v) is 7.27. The van der Waals surface area contributed by atoms with Gasteiger partial charge in [-0.05, 0) is 44.4 Å². The number of ether oxygens (including phenoxy) is 1. The molecule has 1 atom stereocenters. The second kappa shape index (κ2) is 7.12. The third-order valence-corrected chi connectivity index (χ3v) is 3.33. The van der Waals surface area contributed by atoms with Gasteiger partial charge in [0.15, 0.2) is 0 Å². The molecule has 1 aromatic carbocycles. The Kier molecular flexibility index (Phi) is 5.20. The van der Waals surface area contributed by atoms with Crippen molar-refractivity contribution < 1.29 is 4.74 Å². The SMILES string of the molecule is CCC#Cc1ccc(NC2CCCCO2)c(C(C)=N)c1. The van der Waals surface area contributed by atoms with Crippen LogP contribution in [-0.2, 0) is 4.74 Å². The highest BCUT2D eigenvalue weighted by atomic mass is 16.5. The number of hydrogen-bond acceptors (Lipinski definition) is 3. The lowest BCUT2D eigenvalue weighted by Crippen LogP contribution is -2.27. The summed E-state index contributed by atoms with van der Waals surface area (Å²) < 4.78 is 5.70. The third-order valence-electron chi connectivity index (χ3n) is 3.33. The molecule has 1 unspecified atom stereocenters. The van der Waals surface area contributed by atoms with E-state index in [2.05, 4.69) is 17.2 Å². The molecular formula is C17H22N2O. The highest BCUT2D eigenvalue weighted by Gasteiger charge is 2.15. The van der Waals surface area contributed by atoms with Gasteiger partial charge >= 0.3 is 0 Å². The highest BCUT2D eigenvalue weighted by Crippen LogP contribution is 2.22. The van der Waals surface area contributed by atoms with Gasteiger partial charge in [-0.25, -0.2) is 0 Å². The summed E-state index contributed by atoms with van der Waals surface area (Å²) in [6, 6.07) is 5.99. The lowest BCUT2D eigenvalue weighted by Gasteiger charge is -2.25. The summed E-state index contributed by atoms with van der Waals surface area (Å²) in [5, 5.41) is 11.3. The van der Waals surface area contributed by atoms with Crippen LogP contribution in [0.1, 0.15) is 50.7 Å². The predicted octanol–water partition coefficient (Wildman–Crippen LogP) is 3.77. The molecule has 0 amide bonds. The summed E-state index contributed by atoms with van der Waals surface area (Å²) in [6.45, 7) is 4.65. The summed E-state index contributed by atoms with van der Waals surface area (Å²) in [4.78, 5) is 0. The van der Waals surface area contributed by atoms with Crippen LogP contribution in [0.15, 0.2) is 18.2 Å². The average molecular weight is 270 g/mol. The smallest absolute Gasteiger partial charge is 0.127 e. The Labute approximate surface area is 121 Å². The summed E-state index contributed by atoms with van der Waals surface area (Å²) in [7, 11) is 0. The molecule has 20 heavy (non-hydrogen) atoms. The van der Waals surface area contributed by atoms with Crippen molar-refractivity contribution in [2.24, 2.45) is 0 Å². The molecule has 0 aromatic heterocycles. The largest absolute Gasteiger partial charge is 0.360 e. The van der Waals surface area contributed by atoms with E-state index in [0.717, 1.165) is 42.7 Å². The van der Waals surface area contributed by atoms with Crippen molar-refractivity contribution >= 4 is 11.4 Å². The van der Waals surface area contributed by atoms with Crippen LogP contribution in [0.3, 0.4) is 0 Å². The number of anilines is 1. The van der Waals surface area contributed by atoms with E-state index in [-0.39, 0.29) is 6.23 Å². The van der Waals surface area contributed by atoms with E-state index in [1.807, 2.05) is 25.1 Å². The molecule has 0 radical (unpaired) electrons. The van der Waals surface area contributed by atoms with E-state index in [9.17, 15) is 0 Å². The van der Waals surface area contributed by atoms with Crippen molar-refractivity contribution in [3.8, 4) is 11.8 Å². The minimum absolute atomic E-state index is 0.0643. The maximum absolute atomic E-state index is 7.94. The highest BCUT2D eigenvalue weighted by molar-refractivity contribution is 6.01. The second-order valence-electron chi connectivity index (χ2n) is 5.04. The van der Waals surface area contributed by atoms with Crippen molar-refractivity contribution in [3.63, 3.8) is 0 Å². The van der Waals surface area contributed by atoms with E-state index in [1.165, 1.54) is 6.42 Å². The van der Waals surface area contributed by atoms with Gasteiger partial charge in [0.1, 0.15) is 6.23 Å². The van der Waals surface area contributed by atoms with Gasteiger partial charge in [-0.3, -0.25) is 0 Å². The lowest BCUT2D eigenvalue weighted by atomic mass is 10.0.